The quantitative estimate of drug-likeness (QED) is 0.671. The van der Waals surface area contributed by atoms with Gasteiger partial charge in [-0.05, 0) is 36.4 Å². The molecule has 1 atom stereocenters. The molecule has 0 bridgehead atoms. The maximum atomic E-state index is 12.5. The van der Waals surface area contributed by atoms with Gasteiger partial charge in [-0.25, -0.2) is 4.98 Å². The molecular formula is C18H17ClN4O2. The average molecular weight is 357 g/mol. The maximum Gasteiger partial charge on any atom is 0.243 e. The third kappa shape index (κ3) is 3.31. The highest BCUT2D eigenvalue weighted by Crippen LogP contribution is 2.24. The van der Waals surface area contributed by atoms with E-state index in [-0.39, 0.29) is 5.91 Å². The molecule has 1 aliphatic heterocycles. The molecule has 1 amide bonds. The predicted octanol–water partition coefficient (Wildman–Crippen LogP) is 2.83. The smallest absolute Gasteiger partial charge is 0.243 e. The van der Waals surface area contributed by atoms with Crippen LogP contribution in [0, 0.1) is 0 Å². The molecule has 0 spiro atoms. The number of hydrogen-bond donors (Lipinski definition) is 3. The minimum absolute atomic E-state index is 0.113. The Morgan fingerprint density at radius 3 is 2.96 bits per heavy atom. The van der Waals surface area contributed by atoms with Gasteiger partial charge < -0.3 is 20.0 Å². The zero-order valence-corrected chi connectivity index (χ0v) is 14.1. The Hall–Kier alpha value is -2.57. The largest absolute Gasteiger partial charge is 0.459 e. The first kappa shape index (κ1) is 15.9. The lowest BCUT2D eigenvalue weighted by molar-refractivity contribution is -0.123. The SMILES string of the molecule is O=C(NCc1ccc(-c2ccc(Cl)cc2)o1)[C@@H]1NCCc2[nH]cnc21. The van der Waals surface area contributed by atoms with Crippen molar-refractivity contribution in [2.45, 2.75) is 19.0 Å². The van der Waals surface area contributed by atoms with Crippen molar-refractivity contribution in [3.8, 4) is 11.3 Å². The fourth-order valence-electron chi connectivity index (χ4n) is 2.95. The lowest BCUT2D eigenvalue weighted by Gasteiger charge is -2.21. The summed E-state index contributed by atoms with van der Waals surface area (Å²) >= 11 is 5.90. The van der Waals surface area contributed by atoms with E-state index in [1.807, 2.05) is 36.4 Å². The van der Waals surface area contributed by atoms with Crippen LogP contribution in [0.15, 0.2) is 47.1 Å². The molecule has 0 fully saturated rings. The highest BCUT2D eigenvalue weighted by atomic mass is 35.5. The zero-order valence-electron chi connectivity index (χ0n) is 13.4. The molecule has 25 heavy (non-hydrogen) atoms. The average Bonchev–Trinajstić information content (AvgIpc) is 3.29. The highest BCUT2D eigenvalue weighted by Gasteiger charge is 2.28. The van der Waals surface area contributed by atoms with Crippen LogP contribution in [-0.2, 0) is 17.8 Å². The van der Waals surface area contributed by atoms with Gasteiger partial charge >= 0.3 is 0 Å². The lowest BCUT2D eigenvalue weighted by atomic mass is 10.1. The van der Waals surface area contributed by atoms with Gasteiger partial charge in [0, 0.05) is 29.2 Å². The van der Waals surface area contributed by atoms with Gasteiger partial charge in [0.05, 0.1) is 18.6 Å². The molecule has 4 rings (SSSR count). The van der Waals surface area contributed by atoms with Crippen LogP contribution in [0.2, 0.25) is 5.02 Å². The van der Waals surface area contributed by atoms with Crippen molar-refractivity contribution in [2.24, 2.45) is 0 Å². The van der Waals surface area contributed by atoms with Crippen LogP contribution >= 0.6 is 11.6 Å². The van der Waals surface area contributed by atoms with Gasteiger partial charge in [0.1, 0.15) is 17.6 Å². The molecule has 1 aromatic carbocycles. The Balaban J connectivity index is 1.41. The summed E-state index contributed by atoms with van der Waals surface area (Å²) in [4.78, 5) is 19.8. The number of amides is 1. The molecule has 6 nitrogen and oxygen atoms in total. The Morgan fingerprint density at radius 2 is 2.12 bits per heavy atom. The Labute approximate surface area is 149 Å². The molecule has 1 aliphatic rings. The Kier molecular flexibility index (Phi) is 4.29. The van der Waals surface area contributed by atoms with Crippen LogP contribution in [0.25, 0.3) is 11.3 Å². The van der Waals surface area contributed by atoms with Gasteiger partial charge in [0.15, 0.2) is 0 Å². The minimum atomic E-state index is -0.430. The van der Waals surface area contributed by atoms with E-state index in [0.29, 0.717) is 17.3 Å². The summed E-state index contributed by atoms with van der Waals surface area (Å²) in [6, 6.07) is 10.7. The summed E-state index contributed by atoms with van der Waals surface area (Å²) in [6.07, 6.45) is 2.48. The number of aromatic nitrogens is 2. The third-order valence-electron chi connectivity index (χ3n) is 4.24. The fraction of sp³-hybridized carbons (Fsp3) is 0.222. The molecule has 7 heteroatoms. The minimum Gasteiger partial charge on any atom is -0.459 e. The number of furan rings is 1. The van der Waals surface area contributed by atoms with Crippen molar-refractivity contribution in [2.75, 3.05) is 6.54 Å². The Bertz CT molecular complexity index is 885. The number of fused-ring (bicyclic) bond motifs is 1. The predicted molar refractivity (Wildman–Crippen MR) is 94.0 cm³/mol. The van der Waals surface area contributed by atoms with Crippen molar-refractivity contribution < 1.29 is 9.21 Å². The molecule has 0 radical (unpaired) electrons. The zero-order chi connectivity index (χ0) is 17.2. The first-order valence-electron chi connectivity index (χ1n) is 8.08. The van der Waals surface area contributed by atoms with Crippen LogP contribution in [0.5, 0.6) is 0 Å². The molecule has 3 N–H and O–H groups in total. The number of hydrogen-bond acceptors (Lipinski definition) is 4. The normalized spacial score (nSPS) is 16.4. The third-order valence-corrected chi connectivity index (χ3v) is 4.49. The standard InChI is InChI=1S/C18H17ClN4O2/c19-12-3-1-11(2-4-12)15-6-5-13(25-15)9-21-18(24)17-16-14(7-8-20-17)22-10-23-16/h1-6,10,17,20H,7-9H2,(H,21,24)(H,22,23)/t17-/m1/s1. The topological polar surface area (TPSA) is 83.0 Å². The summed E-state index contributed by atoms with van der Waals surface area (Å²) < 4.78 is 5.80. The van der Waals surface area contributed by atoms with Crippen LogP contribution in [0.1, 0.15) is 23.2 Å². The second kappa shape index (κ2) is 6.74. The molecule has 0 saturated heterocycles. The van der Waals surface area contributed by atoms with Crippen molar-refractivity contribution in [1.29, 1.82) is 0 Å². The van der Waals surface area contributed by atoms with Crippen molar-refractivity contribution >= 4 is 17.5 Å². The number of benzene rings is 1. The summed E-state index contributed by atoms with van der Waals surface area (Å²) in [6.45, 7) is 1.07. The number of nitrogens with zero attached hydrogens (tertiary/aromatic N) is 1. The highest BCUT2D eigenvalue weighted by molar-refractivity contribution is 6.30. The monoisotopic (exact) mass is 356 g/mol. The summed E-state index contributed by atoms with van der Waals surface area (Å²) in [5.41, 5.74) is 2.73. The van der Waals surface area contributed by atoms with Crippen LogP contribution in [-0.4, -0.2) is 22.4 Å². The number of halogens is 1. The molecule has 0 unspecified atom stereocenters. The molecule has 3 heterocycles. The van der Waals surface area contributed by atoms with Gasteiger partial charge in [0.25, 0.3) is 0 Å². The van der Waals surface area contributed by atoms with E-state index in [1.165, 1.54) is 0 Å². The maximum absolute atomic E-state index is 12.5. The molecule has 2 aromatic heterocycles. The summed E-state index contributed by atoms with van der Waals surface area (Å²) in [5, 5.41) is 6.78. The molecular weight excluding hydrogens is 340 g/mol. The van der Waals surface area contributed by atoms with Gasteiger partial charge in [-0.2, -0.15) is 0 Å². The fourth-order valence-corrected chi connectivity index (χ4v) is 3.08. The number of nitrogens with one attached hydrogen (secondary N) is 3. The Morgan fingerprint density at radius 1 is 1.28 bits per heavy atom. The number of H-pyrrole nitrogens is 1. The van der Waals surface area contributed by atoms with Gasteiger partial charge in [0.2, 0.25) is 5.91 Å². The number of carbonyl (C=O) groups excluding carboxylic acids is 1. The van der Waals surface area contributed by atoms with E-state index >= 15 is 0 Å². The number of aromatic amines is 1. The van der Waals surface area contributed by atoms with Crippen LogP contribution < -0.4 is 10.6 Å². The first-order valence-corrected chi connectivity index (χ1v) is 8.46. The van der Waals surface area contributed by atoms with E-state index in [1.54, 1.807) is 6.33 Å². The van der Waals surface area contributed by atoms with E-state index in [0.717, 1.165) is 35.7 Å². The second-order valence-electron chi connectivity index (χ2n) is 5.89. The van der Waals surface area contributed by atoms with Crippen molar-refractivity contribution in [1.82, 2.24) is 20.6 Å². The van der Waals surface area contributed by atoms with Crippen LogP contribution in [0.3, 0.4) is 0 Å². The number of carbonyl (C=O) groups is 1. The lowest BCUT2D eigenvalue weighted by Crippen LogP contribution is -2.41. The second-order valence-corrected chi connectivity index (χ2v) is 6.33. The molecule has 0 saturated carbocycles. The van der Waals surface area contributed by atoms with Gasteiger partial charge in [-0.1, -0.05) is 11.6 Å². The van der Waals surface area contributed by atoms with E-state index in [9.17, 15) is 4.79 Å². The van der Waals surface area contributed by atoms with Crippen molar-refractivity contribution in [3.05, 3.63) is 64.9 Å². The summed E-state index contributed by atoms with van der Waals surface area (Å²) in [5.74, 6) is 1.32. The number of rotatable bonds is 4. The van der Waals surface area contributed by atoms with Gasteiger partial charge in [-0.15, -0.1) is 0 Å². The van der Waals surface area contributed by atoms with E-state index in [2.05, 4.69) is 20.6 Å². The summed E-state index contributed by atoms with van der Waals surface area (Å²) in [7, 11) is 0. The molecule has 0 aliphatic carbocycles. The molecule has 128 valence electrons. The van der Waals surface area contributed by atoms with Crippen LogP contribution in [0.4, 0.5) is 0 Å². The van der Waals surface area contributed by atoms with E-state index in [4.69, 9.17) is 16.0 Å². The van der Waals surface area contributed by atoms with Gasteiger partial charge in [-0.3, -0.25) is 4.79 Å². The molecule has 3 aromatic rings. The number of imidazole rings is 1. The first-order chi connectivity index (χ1) is 12.2. The van der Waals surface area contributed by atoms with Crippen molar-refractivity contribution in [3.63, 3.8) is 0 Å². The van der Waals surface area contributed by atoms with E-state index < -0.39 is 6.04 Å².